The van der Waals surface area contributed by atoms with Gasteiger partial charge in [-0.2, -0.15) is 0 Å². The molecule has 0 saturated carbocycles. The predicted molar refractivity (Wildman–Crippen MR) is 53.8 cm³/mol. The van der Waals surface area contributed by atoms with Gasteiger partial charge in [0.2, 0.25) is 0 Å². The highest BCUT2D eigenvalue weighted by Gasteiger charge is 2.12. The van der Waals surface area contributed by atoms with Crippen LogP contribution in [-0.4, -0.2) is 23.8 Å². The first-order chi connectivity index (χ1) is 6.72. The Morgan fingerprint density at radius 1 is 1.71 bits per heavy atom. The summed E-state index contributed by atoms with van der Waals surface area (Å²) in [5.74, 6) is -0.145. The first-order valence-electron chi connectivity index (χ1n) is 5.25. The zero-order valence-electron chi connectivity index (χ0n) is 8.66. The standard InChI is InChI=1S/C11H18O3/c1-2-14-11(13)7-6-9-4-3-5-10(12)8-9/h8,10,12H,2-7H2,1H3. The van der Waals surface area contributed by atoms with E-state index in [4.69, 9.17) is 4.74 Å². The Labute approximate surface area is 84.8 Å². The summed E-state index contributed by atoms with van der Waals surface area (Å²) in [6.45, 7) is 2.25. The van der Waals surface area contributed by atoms with Crippen molar-refractivity contribution in [3.8, 4) is 0 Å². The largest absolute Gasteiger partial charge is 0.466 e. The number of carbonyl (C=O) groups excluding carboxylic acids is 1. The molecule has 0 amide bonds. The van der Waals surface area contributed by atoms with E-state index in [-0.39, 0.29) is 12.1 Å². The fraction of sp³-hybridized carbons (Fsp3) is 0.727. The molecule has 0 heterocycles. The molecule has 1 aliphatic rings. The second-order valence-corrected chi connectivity index (χ2v) is 3.59. The second kappa shape index (κ2) is 5.81. The van der Waals surface area contributed by atoms with E-state index in [1.165, 1.54) is 5.57 Å². The Bertz CT molecular complexity index is 221. The lowest BCUT2D eigenvalue weighted by molar-refractivity contribution is -0.143. The number of aliphatic hydroxyl groups excluding tert-OH is 1. The molecule has 0 aromatic carbocycles. The number of ether oxygens (including phenoxy) is 1. The first kappa shape index (κ1) is 11.2. The minimum Gasteiger partial charge on any atom is -0.466 e. The Morgan fingerprint density at radius 3 is 3.14 bits per heavy atom. The van der Waals surface area contributed by atoms with Crippen molar-refractivity contribution in [1.29, 1.82) is 0 Å². The van der Waals surface area contributed by atoms with Gasteiger partial charge in [-0.1, -0.05) is 11.6 Å². The SMILES string of the molecule is CCOC(=O)CCC1=CC(O)CCC1. The second-order valence-electron chi connectivity index (χ2n) is 3.59. The van der Waals surface area contributed by atoms with Gasteiger partial charge in [0.05, 0.1) is 12.7 Å². The molecule has 14 heavy (non-hydrogen) atoms. The van der Waals surface area contributed by atoms with Gasteiger partial charge in [-0.25, -0.2) is 0 Å². The summed E-state index contributed by atoms with van der Waals surface area (Å²) in [4.78, 5) is 11.1. The van der Waals surface area contributed by atoms with Crippen LogP contribution >= 0.6 is 0 Å². The minimum absolute atomic E-state index is 0.145. The van der Waals surface area contributed by atoms with Crippen LogP contribution < -0.4 is 0 Å². The lowest BCUT2D eigenvalue weighted by Gasteiger charge is -2.16. The molecule has 1 rings (SSSR count). The average Bonchev–Trinajstić information content (AvgIpc) is 2.15. The minimum atomic E-state index is -0.305. The number of aliphatic hydroxyl groups is 1. The molecule has 1 atom stereocenters. The van der Waals surface area contributed by atoms with Gasteiger partial charge < -0.3 is 9.84 Å². The van der Waals surface area contributed by atoms with Crippen molar-refractivity contribution in [3.05, 3.63) is 11.6 Å². The molecule has 1 N–H and O–H groups in total. The van der Waals surface area contributed by atoms with Crippen LogP contribution in [0.5, 0.6) is 0 Å². The monoisotopic (exact) mass is 198 g/mol. The molecule has 3 nitrogen and oxygen atoms in total. The number of hydrogen-bond donors (Lipinski definition) is 1. The summed E-state index contributed by atoms with van der Waals surface area (Å²) in [7, 11) is 0. The number of hydrogen-bond acceptors (Lipinski definition) is 3. The van der Waals surface area contributed by atoms with E-state index in [0.29, 0.717) is 13.0 Å². The summed E-state index contributed by atoms with van der Waals surface area (Å²) in [6, 6.07) is 0. The van der Waals surface area contributed by atoms with Gasteiger partial charge in [0.1, 0.15) is 0 Å². The predicted octanol–water partition coefficient (Wildman–Crippen LogP) is 1.80. The van der Waals surface area contributed by atoms with Crippen molar-refractivity contribution in [3.63, 3.8) is 0 Å². The van der Waals surface area contributed by atoms with Gasteiger partial charge in [0, 0.05) is 6.42 Å². The third-order valence-electron chi connectivity index (χ3n) is 2.38. The average molecular weight is 198 g/mol. The van der Waals surface area contributed by atoms with Crippen molar-refractivity contribution >= 4 is 5.97 Å². The molecule has 0 radical (unpaired) electrons. The van der Waals surface area contributed by atoms with Crippen LogP contribution in [0.1, 0.15) is 39.0 Å². The molecule has 3 heteroatoms. The van der Waals surface area contributed by atoms with Crippen LogP contribution in [0.4, 0.5) is 0 Å². The molecule has 1 unspecified atom stereocenters. The molecule has 1 aliphatic carbocycles. The third-order valence-corrected chi connectivity index (χ3v) is 2.38. The van der Waals surface area contributed by atoms with E-state index in [0.717, 1.165) is 25.7 Å². The summed E-state index contributed by atoms with van der Waals surface area (Å²) in [6.07, 6.45) is 5.63. The number of esters is 1. The zero-order valence-corrected chi connectivity index (χ0v) is 8.66. The van der Waals surface area contributed by atoms with Crippen LogP contribution in [0.25, 0.3) is 0 Å². The van der Waals surface area contributed by atoms with Gasteiger partial charge in [-0.15, -0.1) is 0 Å². The Kier molecular flexibility index (Phi) is 4.66. The van der Waals surface area contributed by atoms with Gasteiger partial charge in [-0.05, 0) is 32.6 Å². The maximum Gasteiger partial charge on any atom is 0.306 e. The van der Waals surface area contributed by atoms with Gasteiger partial charge >= 0.3 is 5.97 Å². The summed E-state index contributed by atoms with van der Waals surface area (Å²) < 4.78 is 4.83. The lowest BCUT2D eigenvalue weighted by atomic mass is 9.94. The first-order valence-corrected chi connectivity index (χ1v) is 5.25. The van der Waals surface area contributed by atoms with Gasteiger partial charge in [0.15, 0.2) is 0 Å². The van der Waals surface area contributed by atoms with Crippen LogP contribution in [0, 0.1) is 0 Å². The Hall–Kier alpha value is -0.830. The molecule has 0 aliphatic heterocycles. The molecule has 0 aromatic rings. The van der Waals surface area contributed by atoms with Crippen LogP contribution in [-0.2, 0) is 9.53 Å². The highest BCUT2D eigenvalue weighted by atomic mass is 16.5. The molecular formula is C11H18O3. The van der Waals surface area contributed by atoms with E-state index in [1.54, 1.807) is 0 Å². The highest BCUT2D eigenvalue weighted by molar-refractivity contribution is 5.69. The van der Waals surface area contributed by atoms with Crippen molar-refractivity contribution in [1.82, 2.24) is 0 Å². The third kappa shape index (κ3) is 3.92. The fourth-order valence-electron chi connectivity index (χ4n) is 1.68. The number of allylic oxidation sites excluding steroid dienone is 1. The quantitative estimate of drug-likeness (QED) is 0.553. The van der Waals surface area contributed by atoms with Crippen molar-refractivity contribution < 1.29 is 14.6 Å². The van der Waals surface area contributed by atoms with Crippen molar-refractivity contribution in [2.75, 3.05) is 6.61 Å². The molecule has 0 bridgehead atoms. The number of rotatable bonds is 4. The van der Waals surface area contributed by atoms with Gasteiger partial charge in [-0.3, -0.25) is 4.79 Å². The van der Waals surface area contributed by atoms with Crippen LogP contribution in [0.15, 0.2) is 11.6 Å². The Morgan fingerprint density at radius 2 is 2.50 bits per heavy atom. The molecule has 80 valence electrons. The van der Waals surface area contributed by atoms with E-state index in [9.17, 15) is 9.90 Å². The fourth-order valence-corrected chi connectivity index (χ4v) is 1.68. The zero-order chi connectivity index (χ0) is 10.4. The van der Waals surface area contributed by atoms with E-state index >= 15 is 0 Å². The van der Waals surface area contributed by atoms with E-state index in [2.05, 4.69) is 0 Å². The molecule has 0 fully saturated rings. The molecular weight excluding hydrogens is 180 g/mol. The molecule has 0 aromatic heterocycles. The Balaban J connectivity index is 2.26. The van der Waals surface area contributed by atoms with E-state index in [1.807, 2.05) is 13.0 Å². The van der Waals surface area contributed by atoms with E-state index < -0.39 is 0 Å². The van der Waals surface area contributed by atoms with Crippen LogP contribution in [0.3, 0.4) is 0 Å². The summed E-state index contributed by atoms with van der Waals surface area (Å²) >= 11 is 0. The summed E-state index contributed by atoms with van der Waals surface area (Å²) in [5, 5.41) is 9.36. The lowest BCUT2D eigenvalue weighted by Crippen LogP contribution is -2.10. The smallest absolute Gasteiger partial charge is 0.306 e. The molecule has 0 saturated heterocycles. The highest BCUT2D eigenvalue weighted by Crippen LogP contribution is 2.21. The molecule has 0 spiro atoms. The van der Waals surface area contributed by atoms with Gasteiger partial charge in [0.25, 0.3) is 0 Å². The van der Waals surface area contributed by atoms with Crippen molar-refractivity contribution in [2.24, 2.45) is 0 Å². The maximum atomic E-state index is 11.1. The maximum absolute atomic E-state index is 11.1. The number of carbonyl (C=O) groups is 1. The van der Waals surface area contributed by atoms with Crippen LogP contribution in [0.2, 0.25) is 0 Å². The summed E-state index contributed by atoms with van der Waals surface area (Å²) in [5.41, 5.74) is 1.19. The van der Waals surface area contributed by atoms with Crippen molar-refractivity contribution in [2.45, 2.75) is 45.1 Å². The topological polar surface area (TPSA) is 46.5 Å². The normalized spacial score (nSPS) is 21.6.